The number of carbonyl (C=O) groups is 1. The van der Waals surface area contributed by atoms with Crippen LogP contribution in [0.2, 0.25) is 0 Å². The van der Waals surface area contributed by atoms with Crippen molar-refractivity contribution in [2.24, 2.45) is 0 Å². The molecule has 1 atom stereocenters. The van der Waals surface area contributed by atoms with Crippen LogP contribution in [0.5, 0.6) is 5.75 Å². The van der Waals surface area contributed by atoms with Gasteiger partial charge in [-0.05, 0) is 44.2 Å². The molecule has 0 unspecified atom stereocenters. The van der Waals surface area contributed by atoms with Gasteiger partial charge in [0.05, 0.1) is 11.9 Å². The van der Waals surface area contributed by atoms with Crippen LogP contribution in [0, 0.1) is 0 Å². The number of H-pyrrole nitrogens is 1. The smallest absolute Gasteiger partial charge is 0.211 e. The molecule has 0 bridgehead atoms. The van der Waals surface area contributed by atoms with Crippen LogP contribution in [-0.2, 0) is 0 Å². The van der Waals surface area contributed by atoms with Gasteiger partial charge in [-0.2, -0.15) is 0 Å². The Kier molecular flexibility index (Phi) is 4.77. The molecule has 27 heavy (non-hydrogen) atoms. The summed E-state index contributed by atoms with van der Waals surface area (Å²) in [5.74, 6) is 0.773. The lowest BCUT2D eigenvalue weighted by molar-refractivity contribution is 0.0994. The number of thioether (sulfide) groups is 1. The highest BCUT2D eigenvalue weighted by Crippen LogP contribution is 2.26. The molecule has 0 fully saturated rings. The summed E-state index contributed by atoms with van der Waals surface area (Å²) in [5.41, 5.74) is 3.02. The maximum Gasteiger partial charge on any atom is 0.211 e. The van der Waals surface area contributed by atoms with Crippen molar-refractivity contribution in [2.45, 2.75) is 24.3 Å². The van der Waals surface area contributed by atoms with Gasteiger partial charge in [0, 0.05) is 16.5 Å². The van der Waals surface area contributed by atoms with Crippen LogP contribution in [0.4, 0.5) is 0 Å². The summed E-state index contributed by atoms with van der Waals surface area (Å²) in [4.78, 5) is 20.5. The maximum atomic E-state index is 12.7. The van der Waals surface area contributed by atoms with Crippen LogP contribution in [0.15, 0.2) is 53.7 Å². The molecule has 0 aliphatic carbocycles. The Hall–Kier alpha value is -2.93. The van der Waals surface area contributed by atoms with Crippen LogP contribution in [0.1, 0.15) is 24.2 Å². The first-order valence-corrected chi connectivity index (χ1v) is 9.58. The lowest BCUT2D eigenvalue weighted by Gasteiger charge is -2.09. The fraction of sp³-hybridized carbons (Fsp3) is 0.200. The standard InChI is InChI=1S/C20H18N4O2S/c1-3-26-14-10-8-13(9-11-14)18(25)12(2)27-20-22-19-17(23-24-20)15-6-4-5-7-16(15)21-19/h4-12H,3H2,1-2H3,(H,21,22,24)/t12-/m0/s1. The van der Waals surface area contributed by atoms with Gasteiger partial charge in [-0.25, -0.2) is 4.98 Å². The average Bonchev–Trinajstić information content (AvgIpc) is 3.06. The predicted octanol–water partition coefficient (Wildman–Crippen LogP) is 4.27. The van der Waals surface area contributed by atoms with Crippen molar-refractivity contribution in [3.63, 3.8) is 0 Å². The Labute approximate surface area is 160 Å². The number of carbonyl (C=O) groups excluding carboxylic acids is 1. The molecule has 136 valence electrons. The van der Waals surface area contributed by atoms with Crippen LogP contribution >= 0.6 is 11.8 Å². The van der Waals surface area contributed by atoms with E-state index in [2.05, 4.69) is 20.2 Å². The topological polar surface area (TPSA) is 80.8 Å². The van der Waals surface area contributed by atoms with Crippen molar-refractivity contribution in [2.75, 3.05) is 6.61 Å². The monoisotopic (exact) mass is 378 g/mol. The van der Waals surface area contributed by atoms with Crippen molar-refractivity contribution in [3.8, 4) is 5.75 Å². The quantitative estimate of drug-likeness (QED) is 0.399. The first-order chi connectivity index (χ1) is 13.2. The average molecular weight is 378 g/mol. The summed E-state index contributed by atoms with van der Waals surface area (Å²) in [7, 11) is 0. The molecule has 0 aliphatic rings. The zero-order valence-electron chi connectivity index (χ0n) is 15.0. The second-order valence-corrected chi connectivity index (χ2v) is 7.35. The highest BCUT2D eigenvalue weighted by molar-refractivity contribution is 8.00. The maximum absolute atomic E-state index is 12.7. The van der Waals surface area contributed by atoms with Gasteiger partial charge in [-0.1, -0.05) is 30.0 Å². The lowest BCUT2D eigenvalue weighted by Crippen LogP contribution is -2.14. The van der Waals surface area contributed by atoms with Gasteiger partial charge in [0.2, 0.25) is 5.16 Å². The van der Waals surface area contributed by atoms with Gasteiger partial charge >= 0.3 is 0 Å². The zero-order valence-corrected chi connectivity index (χ0v) is 15.8. The molecule has 6 nitrogen and oxygen atoms in total. The van der Waals surface area contributed by atoms with E-state index < -0.39 is 0 Å². The van der Waals surface area contributed by atoms with E-state index in [1.165, 1.54) is 11.8 Å². The molecule has 2 heterocycles. The summed E-state index contributed by atoms with van der Waals surface area (Å²) >= 11 is 1.30. The van der Waals surface area contributed by atoms with Gasteiger partial charge in [-0.3, -0.25) is 4.79 Å². The Morgan fingerprint density at radius 2 is 1.93 bits per heavy atom. The molecule has 2 aromatic carbocycles. The number of aromatic nitrogens is 4. The molecule has 1 N–H and O–H groups in total. The van der Waals surface area contributed by atoms with E-state index in [-0.39, 0.29) is 11.0 Å². The van der Waals surface area contributed by atoms with E-state index in [9.17, 15) is 4.79 Å². The third-order valence-corrected chi connectivity index (χ3v) is 5.16. The number of Topliss-reactive ketones (excluding diaryl/α,β-unsaturated/α-hetero) is 1. The number of nitrogens with one attached hydrogen (secondary N) is 1. The van der Waals surface area contributed by atoms with Crippen LogP contribution in [0.3, 0.4) is 0 Å². The second kappa shape index (κ2) is 7.36. The molecular weight excluding hydrogens is 360 g/mol. The molecule has 0 saturated heterocycles. The van der Waals surface area contributed by atoms with E-state index in [0.717, 1.165) is 22.2 Å². The molecule has 0 saturated carbocycles. The lowest BCUT2D eigenvalue weighted by atomic mass is 10.1. The predicted molar refractivity (Wildman–Crippen MR) is 106 cm³/mol. The van der Waals surface area contributed by atoms with Crippen LogP contribution < -0.4 is 4.74 Å². The summed E-state index contributed by atoms with van der Waals surface area (Å²) in [6.45, 7) is 4.37. The summed E-state index contributed by atoms with van der Waals surface area (Å²) in [6.07, 6.45) is 0. The van der Waals surface area contributed by atoms with E-state index >= 15 is 0 Å². The number of para-hydroxylation sites is 1. The number of hydrogen-bond donors (Lipinski definition) is 1. The highest BCUT2D eigenvalue weighted by Gasteiger charge is 2.19. The van der Waals surface area contributed by atoms with Crippen molar-refractivity contribution >= 4 is 39.6 Å². The largest absolute Gasteiger partial charge is 0.494 e. The molecule has 2 aromatic heterocycles. The van der Waals surface area contributed by atoms with Gasteiger partial charge in [0.15, 0.2) is 11.4 Å². The van der Waals surface area contributed by atoms with E-state index in [1.54, 1.807) is 12.1 Å². The molecular formula is C20H18N4O2S. The Bertz CT molecular complexity index is 1110. The molecule has 4 rings (SSSR count). The number of aromatic amines is 1. The van der Waals surface area contributed by atoms with Gasteiger partial charge < -0.3 is 9.72 Å². The normalized spacial score (nSPS) is 12.4. The molecule has 0 aliphatic heterocycles. The van der Waals surface area contributed by atoms with Crippen molar-refractivity contribution in [3.05, 3.63) is 54.1 Å². The van der Waals surface area contributed by atoms with Crippen molar-refractivity contribution in [1.82, 2.24) is 20.2 Å². The van der Waals surface area contributed by atoms with Gasteiger partial charge in [0.1, 0.15) is 11.3 Å². The number of hydrogen-bond acceptors (Lipinski definition) is 6. The van der Waals surface area contributed by atoms with Crippen LogP contribution in [-0.4, -0.2) is 37.8 Å². The molecule has 0 radical (unpaired) electrons. The molecule has 7 heteroatoms. The number of nitrogens with zero attached hydrogens (tertiary/aromatic N) is 3. The van der Waals surface area contributed by atoms with Gasteiger partial charge in [-0.15, -0.1) is 10.2 Å². The number of rotatable bonds is 6. The molecule has 0 spiro atoms. The Morgan fingerprint density at radius 1 is 1.15 bits per heavy atom. The highest BCUT2D eigenvalue weighted by atomic mass is 32.2. The number of ketones is 1. The minimum Gasteiger partial charge on any atom is -0.494 e. The summed E-state index contributed by atoms with van der Waals surface area (Å²) in [5, 5.41) is 9.62. The summed E-state index contributed by atoms with van der Waals surface area (Å²) in [6, 6.07) is 15.1. The second-order valence-electron chi connectivity index (χ2n) is 6.04. The van der Waals surface area contributed by atoms with E-state index in [1.807, 2.05) is 50.2 Å². The molecule has 0 amide bonds. The third-order valence-electron chi connectivity index (χ3n) is 4.20. The Morgan fingerprint density at radius 3 is 2.70 bits per heavy atom. The van der Waals surface area contributed by atoms with Crippen molar-refractivity contribution in [1.29, 1.82) is 0 Å². The van der Waals surface area contributed by atoms with E-state index in [0.29, 0.717) is 23.0 Å². The summed E-state index contributed by atoms with van der Waals surface area (Å²) < 4.78 is 5.41. The van der Waals surface area contributed by atoms with Crippen molar-refractivity contribution < 1.29 is 9.53 Å². The minimum atomic E-state index is -0.327. The molecule has 4 aromatic rings. The number of benzene rings is 2. The van der Waals surface area contributed by atoms with E-state index in [4.69, 9.17) is 4.74 Å². The SMILES string of the molecule is CCOc1ccc(C(=O)[C@H](C)Sc2nnc3c(n2)[nH]c2ccccc23)cc1. The first-order valence-electron chi connectivity index (χ1n) is 8.70. The minimum absolute atomic E-state index is 0.0170. The fourth-order valence-electron chi connectivity index (χ4n) is 2.88. The van der Waals surface area contributed by atoms with Gasteiger partial charge in [0.25, 0.3) is 0 Å². The number of fused-ring (bicyclic) bond motifs is 3. The Balaban J connectivity index is 1.53. The van der Waals surface area contributed by atoms with Crippen LogP contribution in [0.25, 0.3) is 22.1 Å². The zero-order chi connectivity index (χ0) is 18.8. The number of ether oxygens (including phenoxy) is 1. The fourth-order valence-corrected chi connectivity index (χ4v) is 3.68. The first kappa shape index (κ1) is 17.5. The third kappa shape index (κ3) is 3.50.